The van der Waals surface area contributed by atoms with Crippen LogP contribution in [-0.2, 0) is 22.7 Å². The van der Waals surface area contributed by atoms with Crippen LogP contribution in [0.5, 0.6) is 0 Å². The van der Waals surface area contributed by atoms with Gasteiger partial charge in [0, 0.05) is 35.9 Å². The third-order valence-electron chi connectivity index (χ3n) is 5.56. The van der Waals surface area contributed by atoms with Crippen molar-refractivity contribution in [2.75, 3.05) is 11.9 Å². The van der Waals surface area contributed by atoms with Crippen molar-refractivity contribution >= 4 is 45.7 Å². The van der Waals surface area contributed by atoms with E-state index in [2.05, 4.69) is 26.1 Å². The summed E-state index contributed by atoms with van der Waals surface area (Å²) in [5.74, 6) is 0.337. The molecular weight excluding hydrogens is 498 g/mol. The minimum absolute atomic E-state index is 0.0529. The standard InChI is InChI=1S/C25H29N5O4S2/c31-21(28-24-30-29-23(36-24)19-11-12-19)6-2-1-3-13-26-22(32)18-9-7-17(8-10-18)15-27-25(33)34-16-20-5-4-14-35-20/h4-5,7-10,14,19H,1-3,6,11-13,15-16H2,(H,26,32)(H,27,33)(H,28,30,31). The Kier molecular flexibility index (Phi) is 9.40. The molecule has 0 aliphatic heterocycles. The van der Waals surface area contributed by atoms with Crippen molar-refractivity contribution in [3.05, 3.63) is 62.8 Å². The van der Waals surface area contributed by atoms with Crippen LogP contribution in [0.25, 0.3) is 0 Å². The first-order chi connectivity index (χ1) is 17.6. The van der Waals surface area contributed by atoms with Crippen molar-refractivity contribution in [2.24, 2.45) is 0 Å². The summed E-state index contributed by atoms with van der Waals surface area (Å²) in [6.07, 6.45) is 4.64. The highest BCUT2D eigenvalue weighted by molar-refractivity contribution is 7.15. The molecule has 9 nitrogen and oxygen atoms in total. The monoisotopic (exact) mass is 527 g/mol. The highest BCUT2D eigenvalue weighted by Crippen LogP contribution is 2.42. The fourth-order valence-electron chi connectivity index (χ4n) is 3.38. The van der Waals surface area contributed by atoms with Gasteiger partial charge >= 0.3 is 6.09 Å². The lowest BCUT2D eigenvalue weighted by Crippen LogP contribution is -2.25. The van der Waals surface area contributed by atoms with Gasteiger partial charge in [-0.1, -0.05) is 36.0 Å². The number of ether oxygens (including phenoxy) is 1. The number of amides is 3. The van der Waals surface area contributed by atoms with Gasteiger partial charge in [0.05, 0.1) is 0 Å². The quantitative estimate of drug-likeness (QED) is 0.274. The number of hydrogen-bond acceptors (Lipinski definition) is 8. The van der Waals surface area contributed by atoms with Crippen molar-refractivity contribution in [1.82, 2.24) is 20.8 Å². The molecule has 0 unspecified atom stereocenters. The van der Waals surface area contributed by atoms with Crippen molar-refractivity contribution < 1.29 is 19.1 Å². The molecule has 1 saturated carbocycles. The first-order valence-electron chi connectivity index (χ1n) is 12.0. The largest absolute Gasteiger partial charge is 0.444 e. The van der Waals surface area contributed by atoms with Crippen molar-refractivity contribution in [3.8, 4) is 0 Å². The number of nitrogens with zero attached hydrogens (tertiary/aromatic N) is 2. The predicted molar refractivity (Wildman–Crippen MR) is 139 cm³/mol. The van der Waals surface area contributed by atoms with E-state index in [1.54, 1.807) is 24.3 Å². The maximum Gasteiger partial charge on any atom is 0.407 e. The van der Waals surface area contributed by atoms with Gasteiger partial charge in [-0.25, -0.2) is 4.79 Å². The Balaban J connectivity index is 1.05. The van der Waals surface area contributed by atoms with Gasteiger partial charge < -0.3 is 20.7 Å². The van der Waals surface area contributed by atoms with Crippen LogP contribution in [0, 0.1) is 0 Å². The molecule has 0 bridgehead atoms. The maximum atomic E-state index is 12.3. The Bertz CT molecular complexity index is 1140. The van der Waals surface area contributed by atoms with Gasteiger partial charge in [0.2, 0.25) is 11.0 Å². The van der Waals surface area contributed by atoms with E-state index in [1.807, 2.05) is 17.5 Å². The molecule has 0 radical (unpaired) electrons. The van der Waals surface area contributed by atoms with E-state index in [0.29, 0.717) is 36.1 Å². The molecule has 0 spiro atoms. The zero-order valence-electron chi connectivity index (χ0n) is 19.8. The minimum Gasteiger partial charge on any atom is -0.444 e. The second-order valence-corrected chi connectivity index (χ2v) is 10.6. The van der Waals surface area contributed by atoms with E-state index >= 15 is 0 Å². The molecule has 2 heterocycles. The molecule has 3 amide bonds. The number of hydrogen-bond donors (Lipinski definition) is 3. The summed E-state index contributed by atoms with van der Waals surface area (Å²) >= 11 is 3.00. The highest BCUT2D eigenvalue weighted by Gasteiger charge is 2.27. The van der Waals surface area contributed by atoms with Gasteiger partial charge in [-0.3, -0.25) is 9.59 Å². The molecule has 1 fully saturated rings. The summed E-state index contributed by atoms with van der Waals surface area (Å²) in [6, 6.07) is 10.9. The molecule has 190 valence electrons. The molecule has 3 N–H and O–H groups in total. The van der Waals surface area contributed by atoms with Gasteiger partial charge in [0.15, 0.2) is 0 Å². The lowest BCUT2D eigenvalue weighted by molar-refractivity contribution is -0.116. The van der Waals surface area contributed by atoms with Gasteiger partial charge in [-0.15, -0.1) is 21.5 Å². The Morgan fingerprint density at radius 2 is 1.83 bits per heavy atom. The van der Waals surface area contributed by atoms with Crippen LogP contribution in [0.15, 0.2) is 41.8 Å². The molecule has 0 atom stereocenters. The summed E-state index contributed by atoms with van der Waals surface area (Å²) in [6.45, 7) is 1.11. The number of benzene rings is 1. The summed E-state index contributed by atoms with van der Waals surface area (Å²) in [5, 5.41) is 20.1. The number of aromatic nitrogens is 2. The first kappa shape index (κ1) is 25.8. The second kappa shape index (κ2) is 13.1. The van der Waals surface area contributed by atoms with E-state index in [-0.39, 0.29) is 18.4 Å². The lowest BCUT2D eigenvalue weighted by Gasteiger charge is -2.08. The molecular formula is C25H29N5O4S2. The molecule has 1 aliphatic rings. The first-order valence-corrected chi connectivity index (χ1v) is 13.7. The normalized spacial score (nSPS) is 12.7. The number of nitrogens with one attached hydrogen (secondary N) is 3. The molecule has 36 heavy (non-hydrogen) atoms. The maximum absolute atomic E-state index is 12.3. The van der Waals surface area contributed by atoms with Crippen molar-refractivity contribution in [1.29, 1.82) is 0 Å². The zero-order chi connectivity index (χ0) is 25.2. The second-order valence-electron chi connectivity index (χ2n) is 8.54. The number of anilines is 1. The van der Waals surface area contributed by atoms with E-state index in [0.717, 1.165) is 47.6 Å². The van der Waals surface area contributed by atoms with Gasteiger partial charge in [-0.05, 0) is 54.8 Å². The third kappa shape index (κ3) is 8.42. The van der Waals surface area contributed by atoms with Crippen molar-refractivity contribution in [2.45, 2.75) is 57.6 Å². The number of carbonyl (C=O) groups is 3. The zero-order valence-corrected chi connectivity index (χ0v) is 21.5. The smallest absolute Gasteiger partial charge is 0.407 e. The Morgan fingerprint density at radius 1 is 1.00 bits per heavy atom. The van der Waals surface area contributed by atoms with Crippen LogP contribution in [0.4, 0.5) is 9.93 Å². The molecule has 3 aromatic rings. The fourth-order valence-corrected chi connectivity index (χ4v) is 4.93. The average Bonchev–Trinajstić information content (AvgIpc) is 3.40. The van der Waals surface area contributed by atoms with Crippen LogP contribution in [0.3, 0.4) is 0 Å². The van der Waals surface area contributed by atoms with Gasteiger partial charge in [0.1, 0.15) is 11.6 Å². The average molecular weight is 528 g/mol. The summed E-state index contributed by atoms with van der Waals surface area (Å²) in [4.78, 5) is 37.2. The Hall–Kier alpha value is -3.31. The SMILES string of the molecule is O=C(CCCCCNC(=O)c1ccc(CNC(=O)OCc2cccs2)cc1)Nc1nnc(C2CC2)s1. The van der Waals surface area contributed by atoms with Crippen LogP contribution < -0.4 is 16.0 Å². The molecule has 1 aromatic carbocycles. The number of rotatable bonds is 13. The van der Waals surface area contributed by atoms with Crippen LogP contribution >= 0.6 is 22.7 Å². The summed E-state index contributed by atoms with van der Waals surface area (Å²) in [5.41, 5.74) is 1.43. The summed E-state index contributed by atoms with van der Waals surface area (Å²) in [7, 11) is 0. The topological polar surface area (TPSA) is 122 Å². The van der Waals surface area contributed by atoms with Crippen molar-refractivity contribution in [3.63, 3.8) is 0 Å². The number of alkyl carbamates (subject to hydrolysis) is 1. The van der Waals surface area contributed by atoms with Gasteiger partial charge in [0.25, 0.3) is 5.91 Å². The van der Waals surface area contributed by atoms with E-state index in [1.165, 1.54) is 22.7 Å². The van der Waals surface area contributed by atoms with Gasteiger partial charge in [-0.2, -0.15) is 0 Å². The third-order valence-corrected chi connectivity index (χ3v) is 7.41. The molecule has 2 aromatic heterocycles. The minimum atomic E-state index is -0.481. The molecule has 11 heteroatoms. The summed E-state index contributed by atoms with van der Waals surface area (Å²) < 4.78 is 5.16. The van der Waals surface area contributed by atoms with Crippen LogP contribution in [-0.4, -0.2) is 34.6 Å². The molecule has 1 aliphatic carbocycles. The van der Waals surface area contributed by atoms with E-state index < -0.39 is 6.09 Å². The van der Waals surface area contributed by atoms with Crippen LogP contribution in [0.2, 0.25) is 0 Å². The predicted octanol–water partition coefficient (Wildman–Crippen LogP) is 4.83. The number of unbranched alkanes of at least 4 members (excludes halogenated alkanes) is 2. The molecule has 4 rings (SSSR count). The number of carbonyl (C=O) groups excluding carboxylic acids is 3. The lowest BCUT2D eigenvalue weighted by atomic mass is 10.1. The van der Waals surface area contributed by atoms with E-state index in [4.69, 9.17) is 4.74 Å². The highest BCUT2D eigenvalue weighted by atomic mass is 32.1. The Morgan fingerprint density at radius 3 is 2.58 bits per heavy atom. The van der Waals surface area contributed by atoms with Crippen LogP contribution in [0.1, 0.15) is 70.2 Å². The Labute approximate surface area is 217 Å². The number of thiophene rings is 1. The van der Waals surface area contributed by atoms with E-state index in [9.17, 15) is 14.4 Å². The molecule has 0 saturated heterocycles. The fraction of sp³-hybridized carbons (Fsp3) is 0.400.